The lowest BCUT2D eigenvalue weighted by Gasteiger charge is -2.35. The normalized spacial score (nSPS) is 17.1. The Hall–Kier alpha value is -2.81. The van der Waals surface area contributed by atoms with Gasteiger partial charge < -0.3 is 25.3 Å². The first-order valence-corrected chi connectivity index (χ1v) is 9.87. The maximum Gasteiger partial charge on any atom is 0.407 e. The van der Waals surface area contributed by atoms with E-state index in [0.717, 1.165) is 12.8 Å². The summed E-state index contributed by atoms with van der Waals surface area (Å²) in [6.45, 7) is 8.79. The molecule has 2 heterocycles. The number of rotatable bonds is 4. The number of fused-ring (bicyclic) bond motifs is 1. The summed E-state index contributed by atoms with van der Waals surface area (Å²) in [6, 6.07) is 4.98. The molecule has 1 saturated heterocycles. The van der Waals surface area contributed by atoms with Gasteiger partial charge in [-0.15, -0.1) is 0 Å². The highest BCUT2D eigenvalue weighted by atomic mass is 16.6. The maximum atomic E-state index is 12.6. The molecule has 29 heavy (non-hydrogen) atoms. The summed E-state index contributed by atoms with van der Waals surface area (Å²) in [5, 5.41) is 5.81. The number of carbonyl (C=O) groups is 2. The number of imidazole rings is 1. The summed E-state index contributed by atoms with van der Waals surface area (Å²) < 4.78 is 5.30. The topological polar surface area (TPSA) is 119 Å². The Balaban J connectivity index is 1.50. The molecule has 4 N–H and O–H groups in total. The summed E-state index contributed by atoms with van der Waals surface area (Å²) >= 11 is 0. The van der Waals surface area contributed by atoms with Gasteiger partial charge in [0.15, 0.2) is 0 Å². The zero-order valence-electron chi connectivity index (χ0n) is 17.3. The van der Waals surface area contributed by atoms with Gasteiger partial charge >= 0.3 is 11.8 Å². The molecule has 3 rings (SSSR count). The predicted octanol–water partition coefficient (Wildman–Crippen LogP) is 2.17. The fourth-order valence-corrected chi connectivity index (χ4v) is 3.43. The third kappa shape index (κ3) is 5.60. The van der Waals surface area contributed by atoms with E-state index in [-0.39, 0.29) is 23.7 Å². The van der Waals surface area contributed by atoms with Crippen molar-refractivity contribution in [2.45, 2.75) is 58.2 Å². The lowest BCUT2D eigenvalue weighted by molar-refractivity contribution is -0.121. The fraction of sp³-hybridized carbons (Fsp3) is 0.550. The third-order valence-electron chi connectivity index (χ3n) is 4.96. The molecule has 2 aromatic rings. The average molecular weight is 403 g/mol. The van der Waals surface area contributed by atoms with E-state index in [9.17, 15) is 14.4 Å². The van der Waals surface area contributed by atoms with E-state index in [1.165, 1.54) is 0 Å². The van der Waals surface area contributed by atoms with Gasteiger partial charge in [-0.2, -0.15) is 0 Å². The van der Waals surface area contributed by atoms with Gasteiger partial charge in [0.25, 0.3) is 0 Å². The molecule has 1 aromatic heterocycles. The van der Waals surface area contributed by atoms with E-state index in [0.29, 0.717) is 29.8 Å². The Morgan fingerprint density at radius 3 is 2.48 bits per heavy atom. The Bertz CT molecular complexity index is 934. The summed E-state index contributed by atoms with van der Waals surface area (Å²) in [5.74, 6) is -0.110. The molecule has 1 atom stereocenters. The van der Waals surface area contributed by atoms with Gasteiger partial charge in [0.05, 0.1) is 17.1 Å². The summed E-state index contributed by atoms with van der Waals surface area (Å²) in [5.41, 5.74) is 1.18. The number of hydrogen-bond acceptors (Lipinski definition) is 5. The monoisotopic (exact) mass is 403 g/mol. The molecule has 0 spiro atoms. The molecule has 1 aliphatic rings. The number of piperidine rings is 1. The van der Waals surface area contributed by atoms with Crippen LogP contribution in [0.1, 0.15) is 40.5 Å². The second-order valence-electron chi connectivity index (χ2n) is 8.46. The van der Waals surface area contributed by atoms with Gasteiger partial charge in [0, 0.05) is 24.8 Å². The van der Waals surface area contributed by atoms with Gasteiger partial charge in [0.2, 0.25) is 5.91 Å². The minimum absolute atomic E-state index is 0.0455. The van der Waals surface area contributed by atoms with Crippen LogP contribution in [0.3, 0.4) is 0 Å². The SMILES string of the molecule is CC(C(=O)Nc1ccc2[nH]c(=O)[nH]c2c1)N1CCC(NC(=O)OC(C)(C)C)CC1. The van der Waals surface area contributed by atoms with Crippen LogP contribution in [0.4, 0.5) is 10.5 Å². The van der Waals surface area contributed by atoms with E-state index in [1.807, 2.05) is 27.7 Å². The Morgan fingerprint density at radius 2 is 1.83 bits per heavy atom. The maximum absolute atomic E-state index is 12.6. The number of ether oxygens (including phenoxy) is 1. The average Bonchev–Trinajstić information content (AvgIpc) is 2.99. The number of amides is 2. The van der Waals surface area contributed by atoms with Gasteiger partial charge in [-0.05, 0) is 58.7 Å². The van der Waals surface area contributed by atoms with Crippen molar-refractivity contribution in [3.05, 3.63) is 28.7 Å². The number of anilines is 1. The van der Waals surface area contributed by atoms with Crippen LogP contribution in [0.5, 0.6) is 0 Å². The van der Waals surface area contributed by atoms with Crippen LogP contribution in [0.25, 0.3) is 11.0 Å². The van der Waals surface area contributed by atoms with Crippen LogP contribution in [0.2, 0.25) is 0 Å². The number of likely N-dealkylation sites (tertiary alicyclic amines) is 1. The van der Waals surface area contributed by atoms with Gasteiger partial charge in [-0.1, -0.05) is 0 Å². The van der Waals surface area contributed by atoms with Crippen molar-refractivity contribution in [2.75, 3.05) is 18.4 Å². The van der Waals surface area contributed by atoms with Crippen molar-refractivity contribution in [3.63, 3.8) is 0 Å². The van der Waals surface area contributed by atoms with Crippen LogP contribution >= 0.6 is 0 Å². The molecule has 0 saturated carbocycles. The number of hydrogen-bond donors (Lipinski definition) is 4. The molecule has 9 heteroatoms. The van der Waals surface area contributed by atoms with Gasteiger partial charge in [0.1, 0.15) is 5.60 Å². The number of aromatic amines is 2. The Morgan fingerprint density at radius 1 is 1.17 bits per heavy atom. The van der Waals surface area contributed by atoms with Crippen molar-refractivity contribution in [3.8, 4) is 0 Å². The molecule has 0 radical (unpaired) electrons. The molecule has 0 aliphatic carbocycles. The van der Waals surface area contributed by atoms with E-state index in [2.05, 4.69) is 25.5 Å². The number of benzene rings is 1. The number of carbonyl (C=O) groups excluding carboxylic acids is 2. The van der Waals surface area contributed by atoms with Gasteiger partial charge in [-0.25, -0.2) is 9.59 Å². The minimum atomic E-state index is -0.520. The quantitative estimate of drug-likeness (QED) is 0.624. The predicted molar refractivity (Wildman–Crippen MR) is 111 cm³/mol. The lowest BCUT2D eigenvalue weighted by Crippen LogP contribution is -2.51. The molecular formula is C20H29N5O4. The molecule has 1 aromatic carbocycles. The first kappa shape index (κ1) is 20.9. The molecule has 158 valence electrons. The molecular weight excluding hydrogens is 374 g/mol. The second kappa shape index (κ2) is 8.28. The first-order chi connectivity index (χ1) is 13.6. The van der Waals surface area contributed by atoms with Crippen molar-refractivity contribution in [1.29, 1.82) is 0 Å². The third-order valence-corrected chi connectivity index (χ3v) is 4.96. The van der Waals surface area contributed by atoms with Crippen LogP contribution in [0, 0.1) is 0 Å². The van der Waals surface area contributed by atoms with Crippen LogP contribution in [0.15, 0.2) is 23.0 Å². The van der Waals surface area contributed by atoms with Crippen LogP contribution in [-0.4, -0.2) is 57.6 Å². The highest BCUT2D eigenvalue weighted by Crippen LogP contribution is 2.18. The number of nitrogens with zero attached hydrogens (tertiary/aromatic N) is 1. The summed E-state index contributed by atoms with van der Waals surface area (Å²) in [4.78, 5) is 43.4. The zero-order valence-corrected chi connectivity index (χ0v) is 17.3. The number of nitrogens with one attached hydrogen (secondary N) is 4. The van der Waals surface area contributed by atoms with Gasteiger partial charge in [-0.3, -0.25) is 9.69 Å². The van der Waals surface area contributed by atoms with Crippen molar-refractivity contribution < 1.29 is 14.3 Å². The van der Waals surface area contributed by atoms with E-state index in [4.69, 9.17) is 4.74 Å². The fourth-order valence-electron chi connectivity index (χ4n) is 3.43. The highest BCUT2D eigenvalue weighted by molar-refractivity contribution is 5.96. The van der Waals surface area contributed by atoms with Crippen molar-refractivity contribution >= 4 is 28.7 Å². The number of aromatic nitrogens is 2. The molecule has 1 aliphatic heterocycles. The standard InChI is InChI=1S/C20H29N5O4/c1-12(17(26)21-14-5-6-15-16(11-14)24-18(27)23-15)25-9-7-13(8-10-25)22-19(28)29-20(2,3)4/h5-6,11-13H,7-10H2,1-4H3,(H,21,26)(H,22,28)(H2,23,24,27). The summed E-state index contributed by atoms with van der Waals surface area (Å²) in [6.07, 6.45) is 1.11. The number of alkyl carbamates (subject to hydrolysis) is 1. The van der Waals surface area contributed by atoms with E-state index >= 15 is 0 Å². The highest BCUT2D eigenvalue weighted by Gasteiger charge is 2.28. The van der Waals surface area contributed by atoms with Crippen molar-refractivity contribution in [1.82, 2.24) is 20.2 Å². The van der Waals surface area contributed by atoms with E-state index in [1.54, 1.807) is 18.2 Å². The first-order valence-electron chi connectivity index (χ1n) is 9.87. The Labute approximate surface area is 169 Å². The zero-order chi connectivity index (χ0) is 21.2. The lowest BCUT2D eigenvalue weighted by atomic mass is 10.0. The minimum Gasteiger partial charge on any atom is -0.444 e. The molecule has 0 bridgehead atoms. The van der Waals surface area contributed by atoms with Crippen molar-refractivity contribution in [2.24, 2.45) is 0 Å². The molecule has 1 unspecified atom stereocenters. The van der Waals surface area contributed by atoms with Crippen LogP contribution in [-0.2, 0) is 9.53 Å². The van der Waals surface area contributed by atoms with E-state index < -0.39 is 11.7 Å². The second-order valence-corrected chi connectivity index (χ2v) is 8.46. The smallest absolute Gasteiger partial charge is 0.407 e. The number of H-pyrrole nitrogens is 2. The molecule has 2 amide bonds. The Kier molecular flexibility index (Phi) is 5.97. The van der Waals surface area contributed by atoms with Crippen LogP contribution < -0.4 is 16.3 Å². The largest absolute Gasteiger partial charge is 0.444 e. The summed E-state index contributed by atoms with van der Waals surface area (Å²) in [7, 11) is 0. The molecule has 1 fully saturated rings. The molecule has 9 nitrogen and oxygen atoms in total.